The van der Waals surface area contributed by atoms with Crippen molar-refractivity contribution in [2.75, 3.05) is 38.7 Å². The Bertz CT molecular complexity index is 1580. The Kier molecular flexibility index (Phi) is 10.2. The minimum atomic E-state index is -4.13. The normalized spacial score (nSPS) is 21.1. The number of benzene rings is 2. The maximum Gasteiger partial charge on any atom is 0.413 e. The summed E-state index contributed by atoms with van der Waals surface area (Å²) in [6.07, 6.45) is -2.66. The average molecular weight is 646 g/mol. The molecule has 3 heterocycles. The summed E-state index contributed by atoms with van der Waals surface area (Å²) in [5, 5.41) is 16.7. The van der Waals surface area contributed by atoms with Crippen molar-refractivity contribution in [3.63, 3.8) is 0 Å². The van der Waals surface area contributed by atoms with Gasteiger partial charge in [0.1, 0.15) is 6.10 Å². The number of alkyl carbamates (subject to hydrolysis) is 1. The molecule has 0 saturated carbocycles. The van der Waals surface area contributed by atoms with E-state index in [4.69, 9.17) is 14.2 Å². The molecule has 2 aliphatic heterocycles. The predicted molar refractivity (Wildman–Crippen MR) is 163 cm³/mol. The van der Waals surface area contributed by atoms with Crippen molar-refractivity contribution in [2.24, 2.45) is 11.8 Å². The maximum atomic E-state index is 14.0. The van der Waals surface area contributed by atoms with E-state index >= 15 is 0 Å². The van der Waals surface area contributed by atoms with Crippen LogP contribution in [0.5, 0.6) is 0 Å². The second-order valence-electron chi connectivity index (χ2n) is 11.6. The largest absolute Gasteiger partial charge is 0.453 e. The number of ether oxygens (including phenoxy) is 4. The van der Waals surface area contributed by atoms with Crippen LogP contribution in [0.1, 0.15) is 25.8 Å². The number of anilines is 1. The fourth-order valence-electron chi connectivity index (χ4n) is 5.54. The Balaban J connectivity index is 1.35. The molecule has 2 amide bonds. The molecule has 4 N–H and O–H groups in total. The summed E-state index contributed by atoms with van der Waals surface area (Å²) in [5.41, 5.74) is 1.66. The number of aliphatic hydroxyl groups excluding tert-OH is 1. The molecule has 2 fully saturated rings. The van der Waals surface area contributed by atoms with Gasteiger partial charge < -0.3 is 34.4 Å². The number of methoxy groups -OCH3 is 1. The van der Waals surface area contributed by atoms with Gasteiger partial charge in [-0.25, -0.2) is 23.0 Å². The molecule has 5 atom stereocenters. The van der Waals surface area contributed by atoms with Gasteiger partial charge in [0, 0.05) is 13.1 Å². The van der Waals surface area contributed by atoms with Gasteiger partial charge in [0.2, 0.25) is 16.0 Å². The van der Waals surface area contributed by atoms with Gasteiger partial charge in [-0.3, -0.25) is 5.32 Å². The highest BCUT2D eigenvalue weighted by atomic mass is 32.2. The Morgan fingerprint density at radius 2 is 1.91 bits per heavy atom. The van der Waals surface area contributed by atoms with E-state index in [2.05, 4.69) is 25.3 Å². The van der Waals surface area contributed by atoms with Crippen LogP contribution in [0.15, 0.2) is 53.4 Å². The van der Waals surface area contributed by atoms with Crippen LogP contribution in [0, 0.1) is 11.8 Å². The maximum absolute atomic E-state index is 14.0. The third-order valence-corrected chi connectivity index (χ3v) is 9.59. The third-order valence-electron chi connectivity index (χ3n) is 7.77. The summed E-state index contributed by atoms with van der Waals surface area (Å²) in [5.74, 6) is -0.0321. The van der Waals surface area contributed by atoms with E-state index < -0.39 is 40.5 Å². The lowest BCUT2D eigenvalue weighted by atomic mass is 10.0. The van der Waals surface area contributed by atoms with Gasteiger partial charge in [-0.1, -0.05) is 44.2 Å². The first-order valence-electron chi connectivity index (χ1n) is 14.8. The molecule has 14 nitrogen and oxygen atoms in total. The lowest BCUT2D eigenvalue weighted by Crippen LogP contribution is -2.51. The van der Waals surface area contributed by atoms with E-state index in [9.17, 15) is 23.1 Å². The van der Waals surface area contributed by atoms with Gasteiger partial charge in [0.05, 0.1) is 54.3 Å². The first kappa shape index (κ1) is 32.6. The smallest absolute Gasteiger partial charge is 0.413 e. The van der Waals surface area contributed by atoms with Crippen molar-refractivity contribution < 1.29 is 42.1 Å². The molecular formula is C30H39N5O9S. The number of nitrogens with one attached hydrogen (secondary N) is 3. The summed E-state index contributed by atoms with van der Waals surface area (Å²) < 4.78 is 50.5. The summed E-state index contributed by atoms with van der Waals surface area (Å²) in [6.45, 7) is 4.32. The zero-order valence-corrected chi connectivity index (χ0v) is 26.2. The van der Waals surface area contributed by atoms with Crippen LogP contribution in [0.2, 0.25) is 0 Å². The van der Waals surface area contributed by atoms with Crippen molar-refractivity contribution >= 4 is 39.2 Å². The van der Waals surface area contributed by atoms with E-state index in [1.165, 1.54) is 29.6 Å². The Morgan fingerprint density at radius 1 is 1.13 bits per heavy atom. The number of amides is 2. The molecule has 45 heavy (non-hydrogen) atoms. The molecule has 244 valence electrons. The number of hydrogen-bond donors (Lipinski definition) is 4. The average Bonchev–Trinajstić information content (AvgIpc) is 3.73. The molecule has 5 rings (SSSR count). The zero-order chi connectivity index (χ0) is 32.1. The van der Waals surface area contributed by atoms with E-state index in [1.54, 1.807) is 0 Å². The molecule has 2 saturated heterocycles. The SMILES string of the molecule is COC(=O)Nc1nc2ccc(S(=O)(=O)N(CC(C)C)C[C@@H](O)[C@H](Cc3ccccc3)NC(=O)OC3COC4OCCC34)cc2[nH]1. The van der Waals surface area contributed by atoms with E-state index in [-0.39, 0.29) is 55.1 Å². The van der Waals surface area contributed by atoms with Crippen molar-refractivity contribution in [3.8, 4) is 0 Å². The van der Waals surface area contributed by atoms with Gasteiger partial charge in [0.25, 0.3) is 0 Å². The van der Waals surface area contributed by atoms with Crippen molar-refractivity contribution in [3.05, 3.63) is 54.1 Å². The van der Waals surface area contributed by atoms with Crippen LogP contribution in [-0.2, 0) is 35.4 Å². The lowest BCUT2D eigenvalue weighted by Gasteiger charge is -2.31. The molecular weight excluding hydrogens is 606 g/mol. The van der Waals surface area contributed by atoms with E-state index in [0.717, 1.165) is 5.56 Å². The molecule has 0 bridgehead atoms. The summed E-state index contributed by atoms with van der Waals surface area (Å²) in [7, 11) is -2.91. The van der Waals surface area contributed by atoms with Crippen LogP contribution < -0.4 is 10.6 Å². The molecule has 0 radical (unpaired) electrons. The minimum absolute atomic E-state index is 0.0299. The summed E-state index contributed by atoms with van der Waals surface area (Å²) in [4.78, 5) is 31.7. The molecule has 3 unspecified atom stereocenters. The number of carbonyl (C=O) groups excluding carboxylic acids is 2. The Hall–Kier alpha value is -3.76. The van der Waals surface area contributed by atoms with Crippen molar-refractivity contribution in [2.45, 2.75) is 56.1 Å². The number of carbonyl (C=O) groups is 2. The number of imidazole rings is 1. The highest BCUT2D eigenvalue weighted by Gasteiger charge is 2.44. The van der Waals surface area contributed by atoms with Gasteiger partial charge in [-0.05, 0) is 42.5 Å². The van der Waals surface area contributed by atoms with Gasteiger partial charge in [-0.2, -0.15) is 4.31 Å². The highest BCUT2D eigenvalue weighted by Crippen LogP contribution is 2.33. The number of nitrogens with zero attached hydrogens (tertiary/aromatic N) is 2. The van der Waals surface area contributed by atoms with Crippen LogP contribution >= 0.6 is 0 Å². The lowest BCUT2D eigenvalue weighted by molar-refractivity contribution is -0.0907. The molecule has 15 heteroatoms. The summed E-state index contributed by atoms with van der Waals surface area (Å²) >= 11 is 0. The number of fused-ring (bicyclic) bond motifs is 2. The minimum Gasteiger partial charge on any atom is -0.453 e. The molecule has 0 spiro atoms. The monoisotopic (exact) mass is 645 g/mol. The number of hydrogen-bond acceptors (Lipinski definition) is 10. The molecule has 2 aromatic carbocycles. The van der Waals surface area contributed by atoms with Crippen molar-refractivity contribution in [1.82, 2.24) is 19.6 Å². The molecule has 2 aliphatic rings. The zero-order valence-electron chi connectivity index (χ0n) is 25.3. The fourth-order valence-corrected chi connectivity index (χ4v) is 7.19. The molecule has 3 aromatic rings. The van der Waals surface area contributed by atoms with E-state index in [0.29, 0.717) is 24.1 Å². The number of rotatable bonds is 12. The van der Waals surface area contributed by atoms with Crippen LogP contribution in [-0.4, -0.2) is 97.9 Å². The Morgan fingerprint density at radius 3 is 2.64 bits per heavy atom. The summed E-state index contributed by atoms with van der Waals surface area (Å²) in [6, 6.07) is 12.8. The van der Waals surface area contributed by atoms with Gasteiger partial charge in [0.15, 0.2) is 6.29 Å². The van der Waals surface area contributed by atoms with E-state index in [1.807, 2.05) is 44.2 Å². The second-order valence-corrected chi connectivity index (χ2v) is 13.5. The van der Waals surface area contributed by atoms with Gasteiger partial charge >= 0.3 is 12.2 Å². The van der Waals surface area contributed by atoms with Gasteiger partial charge in [-0.15, -0.1) is 0 Å². The highest BCUT2D eigenvalue weighted by molar-refractivity contribution is 7.89. The van der Waals surface area contributed by atoms with Crippen LogP contribution in [0.3, 0.4) is 0 Å². The first-order chi connectivity index (χ1) is 21.5. The van der Waals surface area contributed by atoms with Crippen LogP contribution in [0.4, 0.5) is 15.5 Å². The quantitative estimate of drug-likeness (QED) is 0.229. The second kappa shape index (κ2) is 14.1. The number of aromatic amines is 1. The van der Waals surface area contributed by atoms with Crippen LogP contribution in [0.25, 0.3) is 11.0 Å². The topological polar surface area (TPSA) is 181 Å². The molecule has 0 aliphatic carbocycles. The number of aromatic nitrogens is 2. The molecule has 1 aromatic heterocycles. The number of H-pyrrole nitrogens is 1. The third kappa shape index (κ3) is 7.91. The fraction of sp³-hybridized carbons (Fsp3) is 0.500. The number of aliphatic hydroxyl groups is 1. The first-order valence-corrected chi connectivity index (χ1v) is 16.2. The standard InChI is InChI=1S/C30H39N5O9S/c1-18(2)15-35(45(39,40)20-9-10-22-23(14-20)32-28(31-22)34-29(37)41-3)16-25(36)24(13-19-7-5-4-6-8-19)33-30(38)44-26-17-43-27-21(26)11-12-42-27/h4-10,14,18,21,24-27,36H,11-13,15-17H2,1-3H3,(H,33,38)(H2,31,32,34,37)/t21?,24-,25+,26?,27?/m0/s1. The Labute approximate surface area is 261 Å². The van der Waals surface area contributed by atoms with Crippen molar-refractivity contribution in [1.29, 1.82) is 0 Å². The predicted octanol–water partition coefficient (Wildman–Crippen LogP) is 2.85. The number of sulfonamides is 1.